The lowest BCUT2D eigenvalue weighted by molar-refractivity contribution is -0.158. The summed E-state index contributed by atoms with van der Waals surface area (Å²) in [7, 11) is 0. The first-order chi connectivity index (χ1) is 12.1. The average Bonchev–Trinajstić information content (AvgIpc) is 2.61. The molecule has 1 atom stereocenters. The number of halogens is 6. The molecule has 3 rings (SSSR count). The number of alkyl halides is 6. The first-order valence-corrected chi connectivity index (χ1v) is 7.05. The summed E-state index contributed by atoms with van der Waals surface area (Å²) in [5.74, 6) is -1.91. The Bertz CT molecular complexity index is 838. The third-order valence-electron chi connectivity index (χ3n) is 3.39. The van der Waals surface area contributed by atoms with E-state index in [0.29, 0.717) is 6.20 Å². The van der Waals surface area contributed by atoms with Gasteiger partial charge in [0.25, 0.3) is 0 Å². The fraction of sp³-hybridized carbons (Fsp3) is 0.286. The van der Waals surface area contributed by atoms with Gasteiger partial charge >= 0.3 is 12.4 Å². The van der Waals surface area contributed by atoms with Gasteiger partial charge in [-0.2, -0.15) is 26.3 Å². The molecule has 1 unspecified atom stereocenters. The molecule has 0 aliphatic carbocycles. The number of pyridine rings is 1. The number of hydrogen-bond acceptors (Lipinski definition) is 6. The number of aromatic nitrogens is 5. The largest absolute Gasteiger partial charge is 0.417 e. The summed E-state index contributed by atoms with van der Waals surface area (Å²) in [5, 5.41) is 14.7. The van der Waals surface area contributed by atoms with E-state index in [1.54, 1.807) is 0 Å². The first-order valence-electron chi connectivity index (χ1n) is 7.05. The van der Waals surface area contributed by atoms with E-state index in [4.69, 9.17) is 0 Å². The van der Waals surface area contributed by atoms with Gasteiger partial charge in [0.1, 0.15) is 11.4 Å². The zero-order valence-corrected chi connectivity index (χ0v) is 12.6. The third-order valence-corrected chi connectivity index (χ3v) is 3.39. The van der Waals surface area contributed by atoms with Crippen LogP contribution in [0.2, 0.25) is 0 Å². The van der Waals surface area contributed by atoms with Crippen molar-refractivity contribution in [2.24, 2.45) is 10.9 Å². The maximum Gasteiger partial charge on any atom is 0.417 e. The van der Waals surface area contributed by atoms with Gasteiger partial charge in [-0.15, -0.1) is 20.4 Å². The quantitative estimate of drug-likeness (QED) is 0.756. The molecule has 0 saturated heterocycles. The number of rotatable bonds is 2. The highest BCUT2D eigenvalue weighted by atomic mass is 19.4. The normalized spacial score (nSPS) is 17.9. The lowest BCUT2D eigenvalue weighted by Gasteiger charge is -2.17. The van der Waals surface area contributed by atoms with Crippen LogP contribution in [0.5, 0.6) is 0 Å². The monoisotopic (exact) mass is 374 g/mol. The van der Waals surface area contributed by atoms with Crippen molar-refractivity contribution in [1.82, 2.24) is 25.4 Å². The molecule has 3 heterocycles. The molecule has 0 fully saturated rings. The van der Waals surface area contributed by atoms with Crippen LogP contribution in [0, 0.1) is 5.92 Å². The van der Waals surface area contributed by atoms with Crippen molar-refractivity contribution >= 4 is 5.71 Å². The molecule has 12 heteroatoms. The molecule has 0 aromatic carbocycles. The van der Waals surface area contributed by atoms with Gasteiger partial charge in [-0.25, -0.2) is 0 Å². The van der Waals surface area contributed by atoms with Crippen LogP contribution in [-0.4, -0.2) is 43.8 Å². The van der Waals surface area contributed by atoms with E-state index in [0.717, 1.165) is 24.3 Å². The van der Waals surface area contributed by atoms with Gasteiger partial charge in [0, 0.05) is 6.20 Å². The Morgan fingerprint density at radius 1 is 0.885 bits per heavy atom. The van der Waals surface area contributed by atoms with Crippen molar-refractivity contribution in [3.8, 4) is 11.5 Å². The summed E-state index contributed by atoms with van der Waals surface area (Å²) in [4.78, 5) is 7.35. The minimum atomic E-state index is -4.52. The van der Waals surface area contributed by atoms with Gasteiger partial charge in [-0.3, -0.25) is 9.98 Å². The van der Waals surface area contributed by atoms with Crippen molar-refractivity contribution in [3.63, 3.8) is 0 Å². The molecule has 26 heavy (non-hydrogen) atoms. The number of nitrogens with zero attached hydrogens (tertiary/aromatic N) is 6. The first kappa shape index (κ1) is 17.9. The molecule has 0 saturated carbocycles. The number of aliphatic imine (C=N–C) groups is 1. The maximum atomic E-state index is 12.6. The van der Waals surface area contributed by atoms with E-state index in [2.05, 4.69) is 30.4 Å². The molecular formula is C14H8F6N6. The van der Waals surface area contributed by atoms with Crippen LogP contribution in [0.1, 0.15) is 11.4 Å². The summed E-state index contributed by atoms with van der Waals surface area (Å²) in [6.45, 7) is -0.499. The Morgan fingerprint density at radius 3 is 2.00 bits per heavy atom. The maximum absolute atomic E-state index is 12.6. The molecule has 0 bridgehead atoms. The van der Waals surface area contributed by atoms with E-state index in [1.807, 2.05) is 0 Å². The minimum Gasteiger partial charge on any atom is -0.280 e. The fourth-order valence-electron chi connectivity index (χ4n) is 2.00. The SMILES string of the molecule is FC(F)(F)c1ccc(-c2nnc(C3=NCC(C(F)(F)F)C=C3)nn2)nc1. The highest BCUT2D eigenvalue weighted by Crippen LogP contribution is 2.30. The second-order valence-corrected chi connectivity index (χ2v) is 5.21. The lowest BCUT2D eigenvalue weighted by atomic mass is 10.1. The molecule has 0 radical (unpaired) electrons. The van der Waals surface area contributed by atoms with Gasteiger partial charge < -0.3 is 0 Å². The van der Waals surface area contributed by atoms with E-state index in [9.17, 15) is 26.3 Å². The predicted molar refractivity (Wildman–Crippen MR) is 75.9 cm³/mol. The van der Waals surface area contributed by atoms with Crippen LogP contribution < -0.4 is 0 Å². The van der Waals surface area contributed by atoms with Gasteiger partial charge in [0.2, 0.25) is 11.6 Å². The summed E-state index contributed by atoms with van der Waals surface area (Å²) < 4.78 is 75.2. The van der Waals surface area contributed by atoms with Crippen LogP contribution in [0.3, 0.4) is 0 Å². The van der Waals surface area contributed by atoms with E-state index in [-0.39, 0.29) is 23.1 Å². The third kappa shape index (κ3) is 3.83. The van der Waals surface area contributed by atoms with Gasteiger partial charge in [-0.05, 0) is 18.2 Å². The van der Waals surface area contributed by atoms with Crippen molar-refractivity contribution in [2.75, 3.05) is 6.54 Å². The second-order valence-electron chi connectivity index (χ2n) is 5.21. The Morgan fingerprint density at radius 2 is 1.54 bits per heavy atom. The standard InChI is InChI=1S/C14H8F6N6/c15-13(16,17)7-1-3-9(21-5-7)11-23-25-12(26-24-11)10-4-2-8(6-22-10)14(18,19)20/h1-5,8H,6H2. The van der Waals surface area contributed by atoms with E-state index in [1.165, 1.54) is 0 Å². The highest BCUT2D eigenvalue weighted by molar-refractivity contribution is 6.06. The molecule has 2 aromatic rings. The van der Waals surface area contributed by atoms with Crippen molar-refractivity contribution in [2.45, 2.75) is 12.4 Å². The Kier molecular flexibility index (Phi) is 4.42. The summed E-state index contributed by atoms with van der Waals surface area (Å²) in [6, 6.07) is 1.87. The number of allylic oxidation sites excluding steroid dienone is 1. The Labute approximate surface area is 141 Å². The predicted octanol–water partition coefficient (Wildman–Crippen LogP) is 2.88. The molecular weight excluding hydrogens is 366 g/mol. The Hall–Kier alpha value is -2.92. The zero-order chi connectivity index (χ0) is 18.9. The minimum absolute atomic E-state index is 0.0165. The van der Waals surface area contributed by atoms with Gasteiger partial charge in [0.15, 0.2) is 0 Å². The van der Waals surface area contributed by atoms with Crippen molar-refractivity contribution in [1.29, 1.82) is 0 Å². The summed E-state index contributed by atoms with van der Waals surface area (Å²) in [5.41, 5.74) is -0.833. The van der Waals surface area contributed by atoms with Crippen LogP contribution in [0.4, 0.5) is 26.3 Å². The number of hydrogen-bond donors (Lipinski definition) is 0. The van der Waals surface area contributed by atoms with Crippen LogP contribution >= 0.6 is 0 Å². The molecule has 6 nitrogen and oxygen atoms in total. The summed E-state index contributed by atoms with van der Waals surface area (Å²) >= 11 is 0. The lowest BCUT2D eigenvalue weighted by Crippen LogP contribution is -2.27. The Balaban J connectivity index is 1.76. The molecule has 1 aliphatic heterocycles. The second kappa shape index (κ2) is 6.42. The van der Waals surface area contributed by atoms with E-state index < -0.39 is 30.4 Å². The fourth-order valence-corrected chi connectivity index (χ4v) is 2.00. The average molecular weight is 374 g/mol. The van der Waals surface area contributed by atoms with Crippen molar-refractivity contribution < 1.29 is 26.3 Å². The molecule has 0 spiro atoms. The zero-order valence-electron chi connectivity index (χ0n) is 12.6. The van der Waals surface area contributed by atoms with Crippen LogP contribution in [-0.2, 0) is 6.18 Å². The number of dihydropyridines is 1. The smallest absolute Gasteiger partial charge is 0.280 e. The highest BCUT2D eigenvalue weighted by Gasteiger charge is 2.38. The molecule has 136 valence electrons. The molecule has 2 aromatic heterocycles. The topological polar surface area (TPSA) is 76.8 Å². The van der Waals surface area contributed by atoms with Crippen molar-refractivity contribution in [3.05, 3.63) is 41.9 Å². The van der Waals surface area contributed by atoms with Crippen LogP contribution in [0.15, 0.2) is 35.5 Å². The molecule has 1 aliphatic rings. The molecule has 0 amide bonds. The van der Waals surface area contributed by atoms with Gasteiger partial charge in [-0.1, -0.05) is 6.08 Å². The van der Waals surface area contributed by atoms with Crippen LogP contribution in [0.25, 0.3) is 11.5 Å². The van der Waals surface area contributed by atoms with Gasteiger partial charge in [0.05, 0.1) is 18.0 Å². The summed E-state index contributed by atoms with van der Waals surface area (Å²) in [6.07, 6.45) is -6.22. The van der Waals surface area contributed by atoms with E-state index >= 15 is 0 Å². The molecule has 0 N–H and O–H groups in total.